The van der Waals surface area contributed by atoms with Gasteiger partial charge in [0.2, 0.25) is 5.89 Å². The summed E-state index contributed by atoms with van der Waals surface area (Å²) in [6.07, 6.45) is 1.60. The minimum atomic E-state index is 0.179. The number of oxazole rings is 1. The maximum Gasteiger partial charge on any atom is 0.277 e. The third-order valence-electron chi connectivity index (χ3n) is 3.59. The van der Waals surface area contributed by atoms with Gasteiger partial charge in [-0.1, -0.05) is 41.0 Å². The van der Waals surface area contributed by atoms with E-state index in [-0.39, 0.29) is 6.61 Å². The molecule has 4 rings (SSSR count). The van der Waals surface area contributed by atoms with Crippen molar-refractivity contribution in [2.75, 3.05) is 0 Å². The Balaban J connectivity index is 1.31. The first-order valence-electron chi connectivity index (χ1n) is 8.19. The fourth-order valence-electron chi connectivity index (χ4n) is 2.29. The molecule has 0 spiro atoms. The molecule has 0 saturated carbocycles. The predicted octanol–water partition coefficient (Wildman–Crippen LogP) is 5.90. The zero-order valence-corrected chi connectivity index (χ0v) is 16.7. The van der Waals surface area contributed by atoms with E-state index in [4.69, 9.17) is 36.8 Å². The highest BCUT2D eigenvalue weighted by Gasteiger charge is 2.11. The van der Waals surface area contributed by atoms with Crippen LogP contribution in [0.3, 0.4) is 0 Å². The molecule has 0 bridgehead atoms. The van der Waals surface area contributed by atoms with Crippen LogP contribution >= 0.6 is 35.0 Å². The number of hydrogen-bond acceptors (Lipinski definition) is 7. The topological polar surface area (TPSA) is 74.2 Å². The van der Waals surface area contributed by atoms with Crippen molar-refractivity contribution < 1.29 is 13.6 Å². The van der Waals surface area contributed by atoms with Gasteiger partial charge in [-0.3, -0.25) is 0 Å². The second kappa shape index (κ2) is 8.68. The first-order valence-corrected chi connectivity index (χ1v) is 9.94. The normalized spacial score (nSPS) is 10.9. The Bertz CT molecular complexity index is 1070. The maximum absolute atomic E-state index is 6.00. The highest BCUT2D eigenvalue weighted by Crippen LogP contribution is 2.26. The zero-order chi connectivity index (χ0) is 19.3. The highest BCUT2D eigenvalue weighted by molar-refractivity contribution is 7.98. The average Bonchev–Trinajstić information content (AvgIpc) is 3.35. The van der Waals surface area contributed by atoms with E-state index in [1.54, 1.807) is 42.7 Å². The first kappa shape index (κ1) is 18.9. The third-order valence-corrected chi connectivity index (χ3v) is 4.93. The minimum Gasteiger partial charge on any atom is -0.484 e. The van der Waals surface area contributed by atoms with E-state index >= 15 is 0 Å². The van der Waals surface area contributed by atoms with Crippen molar-refractivity contribution in [3.8, 4) is 17.2 Å². The zero-order valence-electron chi connectivity index (χ0n) is 14.3. The fourth-order valence-corrected chi connectivity index (χ4v) is 3.27. The van der Waals surface area contributed by atoms with Crippen molar-refractivity contribution in [2.45, 2.75) is 17.6 Å². The third kappa shape index (κ3) is 4.86. The Labute approximate surface area is 174 Å². The fraction of sp³-hybridized carbons (Fsp3) is 0.105. The van der Waals surface area contributed by atoms with Gasteiger partial charge in [0, 0.05) is 21.4 Å². The van der Waals surface area contributed by atoms with Crippen LogP contribution in [-0.2, 0) is 12.4 Å². The van der Waals surface area contributed by atoms with Crippen molar-refractivity contribution in [2.24, 2.45) is 0 Å². The molecule has 2 aromatic carbocycles. The Morgan fingerprint density at radius 2 is 1.86 bits per heavy atom. The lowest BCUT2D eigenvalue weighted by Gasteiger charge is -2.02. The molecular weight excluding hydrogens is 421 g/mol. The molecule has 0 unspecified atom stereocenters. The summed E-state index contributed by atoms with van der Waals surface area (Å²) in [6.45, 7) is 0.179. The smallest absolute Gasteiger partial charge is 0.277 e. The summed E-state index contributed by atoms with van der Waals surface area (Å²) in [4.78, 5) is 4.46. The monoisotopic (exact) mass is 433 g/mol. The predicted molar refractivity (Wildman–Crippen MR) is 107 cm³/mol. The molecule has 0 aliphatic heterocycles. The molecular formula is C19H13Cl2N3O3S. The van der Waals surface area contributed by atoms with Gasteiger partial charge in [-0.2, -0.15) is 0 Å². The van der Waals surface area contributed by atoms with E-state index in [2.05, 4.69) is 15.2 Å². The Morgan fingerprint density at radius 3 is 2.68 bits per heavy atom. The average molecular weight is 434 g/mol. The van der Waals surface area contributed by atoms with E-state index in [1.807, 2.05) is 12.1 Å². The molecule has 142 valence electrons. The molecule has 2 heterocycles. The summed E-state index contributed by atoms with van der Waals surface area (Å²) < 4.78 is 16.7. The van der Waals surface area contributed by atoms with Crippen LogP contribution < -0.4 is 4.74 Å². The molecule has 0 fully saturated rings. The van der Waals surface area contributed by atoms with Gasteiger partial charge in [0.05, 0.1) is 5.69 Å². The van der Waals surface area contributed by atoms with Crippen LogP contribution in [0.2, 0.25) is 10.0 Å². The SMILES string of the molecule is Clc1ccc(OCc2nnc(SCc3coc(-c4cccc(Cl)c4)n3)o2)cc1. The van der Waals surface area contributed by atoms with Gasteiger partial charge in [-0.15, -0.1) is 10.2 Å². The number of halogens is 2. The Kier molecular flexibility index (Phi) is 5.85. The van der Waals surface area contributed by atoms with E-state index in [1.165, 1.54) is 11.8 Å². The van der Waals surface area contributed by atoms with E-state index in [9.17, 15) is 0 Å². The van der Waals surface area contributed by atoms with Gasteiger partial charge in [0.25, 0.3) is 11.1 Å². The summed E-state index contributed by atoms with van der Waals surface area (Å²) in [7, 11) is 0. The molecule has 0 N–H and O–H groups in total. The maximum atomic E-state index is 6.00. The van der Waals surface area contributed by atoms with Crippen LogP contribution in [0.1, 0.15) is 11.6 Å². The summed E-state index contributed by atoms with van der Waals surface area (Å²) in [5, 5.41) is 9.69. The standard InChI is InChI=1S/C19H13Cl2N3O3S/c20-13-4-6-16(7-5-13)25-10-17-23-24-19(27-17)28-11-15-9-26-18(22-15)12-2-1-3-14(21)8-12/h1-9H,10-11H2. The molecule has 0 radical (unpaired) electrons. The van der Waals surface area contributed by atoms with Crippen molar-refractivity contribution in [3.63, 3.8) is 0 Å². The lowest BCUT2D eigenvalue weighted by atomic mass is 10.2. The number of rotatable bonds is 7. The number of thioether (sulfide) groups is 1. The molecule has 9 heteroatoms. The summed E-state index contributed by atoms with van der Waals surface area (Å²) in [6, 6.07) is 14.4. The van der Waals surface area contributed by atoms with Crippen LogP contribution in [0.25, 0.3) is 11.5 Å². The Morgan fingerprint density at radius 1 is 1.00 bits per heavy atom. The number of ether oxygens (including phenoxy) is 1. The molecule has 28 heavy (non-hydrogen) atoms. The lowest BCUT2D eigenvalue weighted by molar-refractivity contribution is 0.252. The van der Waals surface area contributed by atoms with Gasteiger partial charge < -0.3 is 13.6 Å². The van der Waals surface area contributed by atoms with Gasteiger partial charge in [-0.25, -0.2) is 4.98 Å². The lowest BCUT2D eigenvalue weighted by Crippen LogP contribution is -1.95. The molecule has 0 aliphatic rings. The molecule has 0 amide bonds. The van der Waals surface area contributed by atoms with E-state index in [0.29, 0.717) is 38.6 Å². The second-order valence-corrected chi connectivity index (χ2v) is 7.45. The largest absolute Gasteiger partial charge is 0.484 e. The molecule has 0 saturated heterocycles. The van der Waals surface area contributed by atoms with Gasteiger partial charge >= 0.3 is 0 Å². The molecule has 0 aliphatic carbocycles. The number of aromatic nitrogens is 3. The van der Waals surface area contributed by atoms with Crippen molar-refractivity contribution in [1.82, 2.24) is 15.2 Å². The van der Waals surface area contributed by atoms with Crippen LogP contribution in [0, 0.1) is 0 Å². The molecule has 0 atom stereocenters. The highest BCUT2D eigenvalue weighted by atomic mass is 35.5. The summed E-state index contributed by atoms with van der Waals surface area (Å²) >= 11 is 13.2. The van der Waals surface area contributed by atoms with Gasteiger partial charge in [-0.05, 0) is 42.5 Å². The Hall–Kier alpha value is -2.48. The van der Waals surface area contributed by atoms with Crippen molar-refractivity contribution >= 4 is 35.0 Å². The second-order valence-electron chi connectivity index (χ2n) is 5.65. The van der Waals surface area contributed by atoms with Gasteiger partial charge in [0.15, 0.2) is 6.61 Å². The number of hydrogen-bond donors (Lipinski definition) is 0. The minimum absolute atomic E-state index is 0.179. The van der Waals surface area contributed by atoms with E-state index < -0.39 is 0 Å². The molecule has 4 aromatic rings. The summed E-state index contributed by atoms with van der Waals surface area (Å²) in [5.41, 5.74) is 1.58. The first-order chi connectivity index (χ1) is 13.7. The summed E-state index contributed by atoms with van der Waals surface area (Å²) in [5.74, 6) is 2.11. The van der Waals surface area contributed by atoms with Gasteiger partial charge in [0.1, 0.15) is 12.0 Å². The number of nitrogens with zero attached hydrogens (tertiary/aromatic N) is 3. The molecule has 6 nitrogen and oxygen atoms in total. The number of benzene rings is 2. The van der Waals surface area contributed by atoms with Crippen LogP contribution in [0.5, 0.6) is 5.75 Å². The quantitative estimate of drug-likeness (QED) is 0.335. The van der Waals surface area contributed by atoms with E-state index in [0.717, 1.165) is 11.3 Å². The van der Waals surface area contributed by atoms with Crippen molar-refractivity contribution in [1.29, 1.82) is 0 Å². The van der Waals surface area contributed by atoms with Crippen LogP contribution in [0.4, 0.5) is 0 Å². The van der Waals surface area contributed by atoms with Crippen molar-refractivity contribution in [3.05, 3.63) is 76.4 Å². The molecule has 2 aromatic heterocycles. The van der Waals surface area contributed by atoms with Crippen LogP contribution in [-0.4, -0.2) is 15.2 Å². The van der Waals surface area contributed by atoms with Crippen LogP contribution in [0.15, 0.2) is 68.9 Å².